The quantitative estimate of drug-likeness (QED) is 0.188. The molecule has 43 heavy (non-hydrogen) atoms. The summed E-state index contributed by atoms with van der Waals surface area (Å²) < 4.78 is 12.2. The number of nitrogens with one attached hydrogen (secondary N) is 2. The number of hydrogen-bond donors (Lipinski definition) is 2. The highest BCUT2D eigenvalue weighted by molar-refractivity contribution is 5.88. The van der Waals surface area contributed by atoms with Crippen LogP contribution in [0.3, 0.4) is 0 Å². The number of ether oxygens (including phenoxy) is 2. The van der Waals surface area contributed by atoms with Crippen molar-refractivity contribution in [3.05, 3.63) is 78.7 Å². The zero-order valence-electron chi connectivity index (χ0n) is 26.1. The minimum absolute atomic E-state index is 0.304. The van der Waals surface area contributed by atoms with Crippen LogP contribution in [-0.4, -0.2) is 69.2 Å². The number of methoxy groups -OCH3 is 1. The Bertz CT molecular complexity index is 1360. The van der Waals surface area contributed by atoms with Gasteiger partial charge in [0.1, 0.15) is 23.0 Å². The first-order valence-electron chi connectivity index (χ1n) is 15.1. The number of benzene rings is 1. The predicted molar refractivity (Wildman–Crippen MR) is 177 cm³/mol. The highest BCUT2D eigenvalue weighted by Gasteiger charge is 2.19. The largest absolute Gasteiger partial charge is 0.494 e. The molecule has 230 valence electrons. The van der Waals surface area contributed by atoms with Gasteiger partial charge in [-0.2, -0.15) is 4.98 Å². The van der Waals surface area contributed by atoms with Crippen LogP contribution < -0.4 is 29.9 Å². The van der Waals surface area contributed by atoms with Crippen molar-refractivity contribution in [2.24, 2.45) is 0 Å². The van der Waals surface area contributed by atoms with E-state index in [0.29, 0.717) is 23.2 Å². The van der Waals surface area contributed by atoms with Crippen molar-refractivity contribution < 1.29 is 14.3 Å². The molecular formula is C34H46N6O3. The van der Waals surface area contributed by atoms with Gasteiger partial charge in [-0.05, 0) is 89.0 Å². The van der Waals surface area contributed by atoms with Crippen molar-refractivity contribution in [1.29, 1.82) is 0 Å². The number of allylic oxidation sites excluding steroid dienone is 4. The summed E-state index contributed by atoms with van der Waals surface area (Å²) in [5, 5.41) is 6.28. The standard InChI is InChI=1S/C34H46N6O3/c1-7-25(3)29(36-33(41)8-2)23-26(4)43-34-30(40-18-10-9-11-19-40)15-16-32(37-34)35-28-14-13-27(24-31(28)42-6)39-20-12-17-38(5)21-22-39/h7-8,13-16,23-24H,1-2,9-12,17-22H2,3-6H3,(H,35,37)(H,36,41)/b26-23+,29-25+. The number of amides is 1. The fourth-order valence-electron chi connectivity index (χ4n) is 5.30. The first-order chi connectivity index (χ1) is 20.8. The van der Waals surface area contributed by atoms with E-state index >= 15 is 0 Å². The number of aromatic nitrogens is 1. The summed E-state index contributed by atoms with van der Waals surface area (Å²) in [7, 11) is 3.87. The molecule has 0 saturated carbocycles. The van der Waals surface area contributed by atoms with Crippen LogP contribution in [0.1, 0.15) is 39.5 Å². The second kappa shape index (κ2) is 15.3. The zero-order chi connectivity index (χ0) is 30.8. The summed E-state index contributed by atoms with van der Waals surface area (Å²) in [4.78, 5) is 24.1. The van der Waals surface area contributed by atoms with Crippen LogP contribution in [0.4, 0.5) is 22.9 Å². The van der Waals surface area contributed by atoms with Crippen molar-refractivity contribution in [2.45, 2.75) is 39.5 Å². The maximum Gasteiger partial charge on any atom is 0.247 e. The van der Waals surface area contributed by atoms with E-state index in [1.54, 1.807) is 19.3 Å². The van der Waals surface area contributed by atoms with Gasteiger partial charge in [0.25, 0.3) is 0 Å². The number of carbonyl (C=O) groups is 1. The van der Waals surface area contributed by atoms with Gasteiger partial charge in [-0.15, -0.1) is 0 Å². The molecule has 0 radical (unpaired) electrons. The van der Waals surface area contributed by atoms with Gasteiger partial charge in [-0.3, -0.25) is 4.79 Å². The third-order valence-electron chi connectivity index (χ3n) is 7.85. The number of pyridine rings is 1. The van der Waals surface area contributed by atoms with Gasteiger partial charge in [0.15, 0.2) is 0 Å². The Morgan fingerprint density at radius 1 is 0.930 bits per heavy atom. The molecule has 2 aliphatic heterocycles. The second-order valence-corrected chi connectivity index (χ2v) is 11.1. The van der Waals surface area contributed by atoms with Crippen LogP contribution in [0.15, 0.2) is 78.7 Å². The smallest absolute Gasteiger partial charge is 0.247 e. The van der Waals surface area contributed by atoms with Crippen LogP contribution in [-0.2, 0) is 4.79 Å². The normalized spacial score (nSPS) is 17.0. The number of rotatable bonds is 11. The first kappa shape index (κ1) is 31.7. The Kier molecular flexibility index (Phi) is 11.3. The molecule has 1 amide bonds. The second-order valence-electron chi connectivity index (χ2n) is 11.1. The number of piperidine rings is 1. The number of anilines is 4. The van der Waals surface area contributed by atoms with Gasteiger partial charge in [0.2, 0.25) is 11.8 Å². The number of nitrogens with zero attached hydrogens (tertiary/aromatic N) is 4. The Morgan fingerprint density at radius 2 is 1.70 bits per heavy atom. The molecule has 2 aromatic rings. The highest BCUT2D eigenvalue weighted by atomic mass is 16.5. The average molecular weight is 587 g/mol. The lowest BCUT2D eigenvalue weighted by atomic mass is 10.1. The van der Waals surface area contributed by atoms with E-state index in [0.717, 1.165) is 86.9 Å². The predicted octanol–water partition coefficient (Wildman–Crippen LogP) is 6.01. The lowest BCUT2D eigenvalue weighted by Gasteiger charge is -2.30. The monoisotopic (exact) mass is 586 g/mol. The van der Waals surface area contributed by atoms with Crippen molar-refractivity contribution in [3.63, 3.8) is 0 Å². The molecule has 2 fully saturated rings. The molecule has 3 heterocycles. The van der Waals surface area contributed by atoms with E-state index < -0.39 is 0 Å². The third-order valence-corrected chi connectivity index (χ3v) is 7.85. The average Bonchev–Trinajstić information content (AvgIpc) is 3.25. The molecule has 0 aliphatic carbocycles. The molecular weight excluding hydrogens is 540 g/mol. The molecule has 2 saturated heterocycles. The molecule has 4 rings (SSSR count). The van der Waals surface area contributed by atoms with Gasteiger partial charge in [-0.1, -0.05) is 19.2 Å². The molecule has 9 nitrogen and oxygen atoms in total. The summed E-state index contributed by atoms with van der Waals surface area (Å²) >= 11 is 0. The van der Waals surface area contributed by atoms with Gasteiger partial charge >= 0.3 is 0 Å². The Labute approximate surface area is 256 Å². The summed E-state index contributed by atoms with van der Waals surface area (Å²) in [6, 6.07) is 10.3. The Hall–Kier alpha value is -4.24. The van der Waals surface area contributed by atoms with Crippen LogP contribution in [0, 0.1) is 0 Å². The molecule has 9 heteroatoms. The van der Waals surface area contributed by atoms with E-state index in [4.69, 9.17) is 14.5 Å². The molecule has 0 atom stereocenters. The fraction of sp³-hybridized carbons (Fsp3) is 0.412. The Morgan fingerprint density at radius 3 is 2.42 bits per heavy atom. The molecule has 1 aromatic carbocycles. The van der Waals surface area contributed by atoms with Gasteiger partial charge in [-0.25, -0.2) is 0 Å². The van der Waals surface area contributed by atoms with Crippen molar-refractivity contribution in [2.75, 3.05) is 68.5 Å². The topological polar surface area (TPSA) is 82.2 Å². The van der Waals surface area contributed by atoms with Gasteiger partial charge < -0.3 is 34.8 Å². The maximum atomic E-state index is 12.0. The summed E-state index contributed by atoms with van der Waals surface area (Å²) in [5.41, 5.74) is 4.31. The van der Waals surface area contributed by atoms with Crippen molar-refractivity contribution in [1.82, 2.24) is 15.2 Å². The van der Waals surface area contributed by atoms with Crippen molar-refractivity contribution >= 4 is 28.8 Å². The van der Waals surface area contributed by atoms with E-state index in [1.807, 2.05) is 26.0 Å². The lowest BCUT2D eigenvalue weighted by molar-refractivity contribution is -0.115. The molecule has 2 aliphatic rings. The minimum atomic E-state index is -0.304. The summed E-state index contributed by atoms with van der Waals surface area (Å²) in [5.74, 6) is 2.16. The Balaban J connectivity index is 1.62. The zero-order valence-corrected chi connectivity index (χ0v) is 26.1. The molecule has 0 spiro atoms. The van der Waals surface area contributed by atoms with Crippen LogP contribution in [0.25, 0.3) is 0 Å². The maximum absolute atomic E-state index is 12.0. The van der Waals surface area contributed by atoms with E-state index in [9.17, 15) is 4.79 Å². The van der Waals surface area contributed by atoms with E-state index in [1.165, 1.54) is 12.5 Å². The highest BCUT2D eigenvalue weighted by Crippen LogP contribution is 2.35. The first-order valence-corrected chi connectivity index (χ1v) is 15.1. The van der Waals surface area contributed by atoms with E-state index in [-0.39, 0.29) is 5.91 Å². The van der Waals surface area contributed by atoms with Gasteiger partial charge in [0.05, 0.1) is 12.8 Å². The lowest BCUT2D eigenvalue weighted by Crippen LogP contribution is -2.30. The SMILES string of the molecule is C=CC(=O)NC(/C=C(\C)Oc1nc(Nc2ccc(N3CCCN(C)CC3)cc2OC)ccc1N1CCCCC1)=C(\C)C=C. The fourth-order valence-corrected chi connectivity index (χ4v) is 5.30. The summed E-state index contributed by atoms with van der Waals surface area (Å²) in [6.07, 6.45) is 9.32. The van der Waals surface area contributed by atoms with Crippen molar-refractivity contribution in [3.8, 4) is 11.6 Å². The van der Waals surface area contributed by atoms with Crippen LogP contribution in [0.2, 0.25) is 0 Å². The van der Waals surface area contributed by atoms with E-state index in [2.05, 4.69) is 63.7 Å². The molecule has 0 unspecified atom stereocenters. The number of likely N-dealkylation sites (N-methyl/N-ethyl adjacent to an activating group) is 1. The molecule has 2 N–H and O–H groups in total. The number of carbonyl (C=O) groups excluding carboxylic acids is 1. The van der Waals surface area contributed by atoms with Gasteiger partial charge in [0, 0.05) is 56.3 Å². The molecule has 1 aromatic heterocycles. The van der Waals surface area contributed by atoms with Crippen LogP contribution >= 0.6 is 0 Å². The molecule has 0 bridgehead atoms. The minimum Gasteiger partial charge on any atom is -0.494 e. The number of hydrogen-bond acceptors (Lipinski definition) is 8. The third kappa shape index (κ3) is 8.64. The van der Waals surface area contributed by atoms with Crippen LogP contribution in [0.5, 0.6) is 11.6 Å². The summed E-state index contributed by atoms with van der Waals surface area (Å²) in [6.45, 7) is 17.2.